The second kappa shape index (κ2) is 8.25. The van der Waals surface area contributed by atoms with Crippen molar-refractivity contribution in [1.82, 2.24) is 34.3 Å². The van der Waals surface area contributed by atoms with Crippen LogP contribution in [0.5, 0.6) is 0 Å². The maximum absolute atomic E-state index is 14.6. The van der Waals surface area contributed by atoms with Crippen LogP contribution in [0.1, 0.15) is 18.4 Å². The third kappa shape index (κ3) is 3.80. The van der Waals surface area contributed by atoms with Gasteiger partial charge in [0.05, 0.1) is 35.7 Å². The van der Waals surface area contributed by atoms with E-state index in [1.54, 1.807) is 30.7 Å². The fourth-order valence-corrected chi connectivity index (χ4v) is 5.03. The summed E-state index contributed by atoms with van der Waals surface area (Å²) >= 11 is 0. The molecule has 7 rings (SSSR count). The van der Waals surface area contributed by atoms with Crippen molar-refractivity contribution in [3.05, 3.63) is 54.2 Å². The van der Waals surface area contributed by atoms with Gasteiger partial charge in [-0.25, -0.2) is 14.1 Å². The number of nitrogens with zero attached hydrogens (tertiary/aromatic N) is 8. The van der Waals surface area contributed by atoms with Crippen molar-refractivity contribution in [1.29, 1.82) is 0 Å². The van der Waals surface area contributed by atoms with Crippen LogP contribution in [0.3, 0.4) is 0 Å². The zero-order chi connectivity index (χ0) is 25.1. The first-order valence-corrected chi connectivity index (χ1v) is 12.4. The zero-order valence-electron chi connectivity index (χ0n) is 20.1. The lowest BCUT2D eigenvalue weighted by atomic mass is 10.1. The van der Waals surface area contributed by atoms with Gasteiger partial charge in [0.1, 0.15) is 5.82 Å². The van der Waals surface area contributed by atoms with Crippen LogP contribution >= 0.6 is 0 Å². The fourth-order valence-electron chi connectivity index (χ4n) is 5.03. The van der Waals surface area contributed by atoms with Crippen molar-refractivity contribution in [2.75, 3.05) is 43.4 Å². The quantitative estimate of drug-likeness (QED) is 0.359. The molecule has 1 saturated heterocycles. The van der Waals surface area contributed by atoms with Crippen molar-refractivity contribution in [2.24, 2.45) is 0 Å². The van der Waals surface area contributed by atoms with Gasteiger partial charge in [-0.15, -0.1) is 5.10 Å². The number of fused-ring (bicyclic) bond motifs is 3. The molecule has 0 bridgehead atoms. The van der Waals surface area contributed by atoms with Gasteiger partial charge < -0.3 is 20.2 Å². The van der Waals surface area contributed by atoms with Gasteiger partial charge in [-0.2, -0.15) is 14.6 Å². The number of benzene rings is 1. The molecule has 190 valence electrons. The van der Waals surface area contributed by atoms with E-state index in [1.807, 2.05) is 10.7 Å². The number of aliphatic hydroxyl groups is 1. The van der Waals surface area contributed by atoms with E-state index in [9.17, 15) is 9.50 Å². The highest BCUT2D eigenvalue weighted by Gasteiger charge is 2.42. The Bertz CT molecular complexity index is 1600. The summed E-state index contributed by atoms with van der Waals surface area (Å²) in [6.45, 7) is 4.40. The summed E-state index contributed by atoms with van der Waals surface area (Å²) in [6.07, 6.45) is 4.78. The van der Waals surface area contributed by atoms with Crippen molar-refractivity contribution >= 4 is 28.3 Å². The standard InChI is InChI=1S/C25H26FN9O2/c26-18-4-3-16(25(36)5-6-25)14-19(18)33-10-7-32(8-11-33)9-12-34-22-17(15-28-34)23-29-21(20-2-1-13-37-20)31-35(23)24(27)30-22/h1-4,13-15,36H,5-12H2,(H2,27,30). The van der Waals surface area contributed by atoms with Crippen LogP contribution in [-0.4, -0.2) is 72.1 Å². The smallest absolute Gasteiger partial charge is 0.225 e. The number of furan rings is 1. The second-order valence-corrected chi connectivity index (χ2v) is 9.75. The number of hydrogen-bond acceptors (Lipinski definition) is 9. The normalized spacial score (nSPS) is 17.7. The molecule has 0 radical (unpaired) electrons. The molecule has 12 heteroatoms. The van der Waals surface area contributed by atoms with E-state index >= 15 is 0 Å². The zero-order valence-corrected chi connectivity index (χ0v) is 20.1. The molecule has 0 spiro atoms. The lowest BCUT2D eigenvalue weighted by molar-refractivity contribution is 0.151. The van der Waals surface area contributed by atoms with E-state index in [4.69, 9.17) is 10.2 Å². The van der Waals surface area contributed by atoms with E-state index in [-0.39, 0.29) is 11.8 Å². The van der Waals surface area contributed by atoms with Gasteiger partial charge in [0.2, 0.25) is 11.8 Å². The summed E-state index contributed by atoms with van der Waals surface area (Å²) in [5, 5.41) is 20.2. The molecular weight excluding hydrogens is 477 g/mol. The number of aromatic nitrogens is 6. The van der Waals surface area contributed by atoms with Crippen molar-refractivity contribution in [3.63, 3.8) is 0 Å². The Kier molecular flexibility index (Phi) is 4.95. The van der Waals surface area contributed by atoms with Crippen LogP contribution in [-0.2, 0) is 12.1 Å². The number of nitrogen functional groups attached to an aromatic ring is 1. The maximum atomic E-state index is 14.6. The molecular formula is C25H26FN9O2. The van der Waals surface area contributed by atoms with Crippen LogP contribution in [0.15, 0.2) is 47.2 Å². The van der Waals surface area contributed by atoms with Crippen LogP contribution < -0.4 is 10.6 Å². The Morgan fingerprint density at radius 1 is 1.05 bits per heavy atom. The van der Waals surface area contributed by atoms with E-state index in [0.717, 1.165) is 43.4 Å². The molecule has 0 atom stereocenters. The molecule has 37 heavy (non-hydrogen) atoms. The molecule has 2 aliphatic rings. The maximum Gasteiger partial charge on any atom is 0.225 e. The highest BCUT2D eigenvalue weighted by atomic mass is 19.1. The molecule has 11 nitrogen and oxygen atoms in total. The van der Waals surface area contributed by atoms with Gasteiger partial charge in [-0.3, -0.25) is 4.90 Å². The van der Waals surface area contributed by atoms with E-state index in [0.29, 0.717) is 48.2 Å². The van der Waals surface area contributed by atoms with E-state index in [2.05, 4.69) is 30.0 Å². The monoisotopic (exact) mass is 503 g/mol. The Morgan fingerprint density at radius 2 is 1.89 bits per heavy atom. The van der Waals surface area contributed by atoms with Crippen LogP contribution in [0, 0.1) is 5.82 Å². The Labute approximate surface area is 210 Å². The molecule has 1 aliphatic heterocycles. The third-order valence-corrected chi connectivity index (χ3v) is 7.39. The van der Waals surface area contributed by atoms with Gasteiger partial charge in [-0.1, -0.05) is 6.07 Å². The minimum absolute atomic E-state index is 0.225. The van der Waals surface area contributed by atoms with E-state index in [1.165, 1.54) is 10.6 Å². The molecule has 1 aromatic carbocycles. The number of piperazine rings is 1. The lowest BCUT2D eigenvalue weighted by Gasteiger charge is -2.36. The average Bonchev–Trinajstić information content (AvgIpc) is 3.33. The van der Waals surface area contributed by atoms with E-state index < -0.39 is 5.60 Å². The number of rotatable bonds is 6. The van der Waals surface area contributed by atoms with Gasteiger partial charge >= 0.3 is 0 Å². The molecule has 4 aromatic heterocycles. The van der Waals surface area contributed by atoms with Crippen LogP contribution in [0.25, 0.3) is 28.3 Å². The number of hydrogen-bond donors (Lipinski definition) is 2. The molecule has 0 amide bonds. The number of halogens is 1. The number of anilines is 2. The first-order valence-electron chi connectivity index (χ1n) is 12.4. The first-order chi connectivity index (χ1) is 18.0. The lowest BCUT2D eigenvalue weighted by Crippen LogP contribution is -2.47. The average molecular weight is 504 g/mol. The van der Waals surface area contributed by atoms with Crippen molar-refractivity contribution < 1.29 is 13.9 Å². The van der Waals surface area contributed by atoms with Gasteiger partial charge in [0.15, 0.2) is 17.1 Å². The summed E-state index contributed by atoms with van der Waals surface area (Å²) in [5.41, 5.74) is 8.03. The van der Waals surface area contributed by atoms with Gasteiger partial charge in [-0.05, 0) is 42.7 Å². The van der Waals surface area contributed by atoms with Crippen molar-refractivity contribution in [2.45, 2.75) is 25.0 Å². The highest BCUT2D eigenvalue weighted by Crippen LogP contribution is 2.46. The molecule has 2 fully saturated rings. The molecule has 1 aliphatic carbocycles. The summed E-state index contributed by atoms with van der Waals surface area (Å²) in [7, 11) is 0. The highest BCUT2D eigenvalue weighted by molar-refractivity contribution is 5.90. The molecule has 3 N–H and O–H groups in total. The predicted octanol–water partition coefficient (Wildman–Crippen LogP) is 2.26. The van der Waals surface area contributed by atoms with Crippen LogP contribution in [0.4, 0.5) is 16.0 Å². The molecule has 5 aromatic rings. The minimum atomic E-state index is -0.771. The second-order valence-electron chi connectivity index (χ2n) is 9.75. The predicted molar refractivity (Wildman–Crippen MR) is 134 cm³/mol. The Morgan fingerprint density at radius 3 is 2.65 bits per heavy atom. The SMILES string of the molecule is Nc1nc2c(cnn2CCN2CCN(c3cc(C4(O)CC4)ccc3F)CC2)c2nc(-c3ccco3)nn12. The molecule has 5 heterocycles. The summed E-state index contributed by atoms with van der Waals surface area (Å²) in [5.74, 6) is 0.967. The van der Waals surface area contributed by atoms with Gasteiger partial charge in [0.25, 0.3) is 0 Å². The summed E-state index contributed by atoms with van der Waals surface area (Å²) in [6, 6.07) is 8.55. The van der Waals surface area contributed by atoms with Crippen LogP contribution in [0.2, 0.25) is 0 Å². The van der Waals surface area contributed by atoms with Gasteiger partial charge in [0, 0.05) is 32.7 Å². The minimum Gasteiger partial charge on any atom is -0.461 e. The summed E-state index contributed by atoms with van der Waals surface area (Å²) in [4.78, 5) is 13.5. The fraction of sp³-hybridized carbons (Fsp3) is 0.360. The first kappa shape index (κ1) is 22.2. The number of nitrogens with two attached hydrogens (primary N) is 1. The third-order valence-electron chi connectivity index (χ3n) is 7.39. The molecule has 1 saturated carbocycles. The Hall–Kier alpha value is -4.03. The summed E-state index contributed by atoms with van der Waals surface area (Å²) < 4.78 is 23.3. The Balaban J connectivity index is 1.05. The topological polar surface area (TPSA) is 127 Å². The molecule has 0 unspecified atom stereocenters. The largest absolute Gasteiger partial charge is 0.461 e. The van der Waals surface area contributed by atoms with Crippen molar-refractivity contribution in [3.8, 4) is 11.6 Å².